The van der Waals surface area contributed by atoms with Gasteiger partial charge in [0.15, 0.2) is 16.6 Å². The van der Waals surface area contributed by atoms with Gasteiger partial charge in [-0.15, -0.1) is 0 Å². The van der Waals surface area contributed by atoms with Gasteiger partial charge in [-0.3, -0.25) is 10.1 Å². The third kappa shape index (κ3) is 3.59. The van der Waals surface area contributed by atoms with Crippen LogP contribution in [0.15, 0.2) is 36.4 Å². The number of benzene rings is 2. The van der Waals surface area contributed by atoms with Gasteiger partial charge in [0.05, 0.1) is 18.9 Å². The fourth-order valence-electron chi connectivity index (χ4n) is 2.85. The summed E-state index contributed by atoms with van der Waals surface area (Å²) in [7, 11) is 3.16. The molecule has 0 bridgehead atoms. The summed E-state index contributed by atoms with van der Waals surface area (Å²) in [6, 6.07) is 9.26. The molecule has 1 aliphatic heterocycles. The van der Waals surface area contributed by atoms with Crippen molar-refractivity contribution in [2.45, 2.75) is 0 Å². The Hall–Kier alpha value is -3.26. The fourth-order valence-corrected chi connectivity index (χ4v) is 3.74. The van der Waals surface area contributed by atoms with Crippen LogP contribution in [-0.4, -0.2) is 38.3 Å². The van der Waals surface area contributed by atoms with E-state index in [4.69, 9.17) is 18.9 Å². The molecule has 0 atom stereocenters. The number of aromatic nitrogens is 1. The molecule has 0 saturated carbocycles. The van der Waals surface area contributed by atoms with E-state index in [2.05, 4.69) is 10.3 Å². The van der Waals surface area contributed by atoms with E-state index in [0.717, 1.165) is 15.8 Å². The number of hydrogen-bond acceptors (Lipinski definition) is 7. The van der Waals surface area contributed by atoms with Crippen LogP contribution in [0.1, 0.15) is 5.56 Å². The number of ether oxygens (including phenoxy) is 4. The van der Waals surface area contributed by atoms with Gasteiger partial charge in [0.2, 0.25) is 11.7 Å². The predicted molar refractivity (Wildman–Crippen MR) is 108 cm³/mol. The number of carbonyl (C=O) groups excluding carboxylic acids is 1. The van der Waals surface area contributed by atoms with Crippen LogP contribution in [0.25, 0.3) is 16.3 Å². The Morgan fingerprint density at radius 1 is 1.18 bits per heavy atom. The summed E-state index contributed by atoms with van der Waals surface area (Å²) >= 11 is 1.39. The number of amides is 1. The summed E-state index contributed by atoms with van der Waals surface area (Å²) < 4.78 is 22.8. The van der Waals surface area contributed by atoms with Gasteiger partial charge < -0.3 is 18.9 Å². The van der Waals surface area contributed by atoms with Crippen molar-refractivity contribution in [1.82, 2.24) is 4.98 Å². The SMILES string of the molecule is COc1cc(/C=C/C(=O)Nc2nc3c(OC)cccc3s2)cc2c1OCCO2. The molecular weight excluding hydrogens is 380 g/mol. The Bertz CT molecular complexity index is 1040. The highest BCUT2D eigenvalue weighted by Crippen LogP contribution is 2.40. The van der Waals surface area contributed by atoms with Crippen molar-refractivity contribution in [3.05, 3.63) is 42.0 Å². The van der Waals surface area contributed by atoms with Gasteiger partial charge in [-0.1, -0.05) is 17.4 Å². The van der Waals surface area contributed by atoms with E-state index in [1.54, 1.807) is 26.4 Å². The Labute approximate surface area is 165 Å². The normalized spacial score (nSPS) is 12.9. The summed E-state index contributed by atoms with van der Waals surface area (Å²) in [5, 5.41) is 3.29. The van der Waals surface area contributed by atoms with Gasteiger partial charge in [0, 0.05) is 6.08 Å². The van der Waals surface area contributed by atoms with Gasteiger partial charge in [-0.2, -0.15) is 0 Å². The number of hydrogen-bond donors (Lipinski definition) is 1. The Morgan fingerprint density at radius 3 is 2.82 bits per heavy atom. The number of para-hydroxylation sites is 1. The highest BCUT2D eigenvalue weighted by atomic mass is 32.1. The zero-order valence-electron chi connectivity index (χ0n) is 15.4. The monoisotopic (exact) mass is 398 g/mol. The molecule has 8 heteroatoms. The smallest absolute Gasteiger partial charge is 0.250 e. The molecule has 1 aromatic heterocycles. The number of nitrogens with zero attached hydrogens (tertiary/aromatic N) is 1. The molecule has 3 aromatic rings. The number of anilines is 1. The maximum atomic E-state index is 12.3. The average molecular weight is 398 g/mol. The number of fused-ring (bicyclic) bond motifs is 2. The third-order valence-electron chi connectivity index (χ3n) is 4.11. The molecule has 0 fully saturated rings. The third-order valence-corrected chi connectivity index (χ3v) is 5.05. The number of nitrogens with one attached hydrogen (secondary N) is 1. The van der Waals surface area contributed by atoms with E-state index in [9.17, 15) is 4.79 Å². The maximum absolute atomic E-state index is 12.3. The minimum atomic E-state index is -0.285. The van der Waals surface area contributed by atoms with Gasteiger partial charge in [-0.05, 0) is 35.9 Å². The topological polar surface area (TPSA) is 78.9 Å². The molecule has 144 valence electrons. The van der Waals surface area contributed by atoms with E-state index in [1.807, 2.05) is 24.3 Å². The van der Waals surface area contributed by atoms with Crippen molar-refractivity contribution in [3.63, 3.8) is 0 Å². The van der Waals surface area contributed by atoms with Crippen LogP contribution < -0.4 is 24.3 Å². The average Bonchev–Trinajstić information content (AvgIpc) is 3.13. The Balaban J connectivity index is 1.52. The first kappa shape index (κ1) is 18.1. The maximum Gasteiger partial charge on any atom is 0.250 e. The second-order valence-electron chi connectivity index (χ2n) is 5.90. The molecule has 2 heterocycles. The summed E-state index contributed by atoms with van der Waals surface area (Å²) in [6.45, 7) is 0.957. The molecule has 2 aromatic carbocycles. The first-order valence-electron chi connectivity index (χ1n) is 8.58. The first-order chi connectivity index (χ1) is 13.7. The molecule has 0 saturated heterocycles. The van der Waals surface area contributed by atoms with Crippen molar-refractivity contribution in [2.24, 2.45) is 0 Å². The second kappa shape index (κ2) is 7.77. The van der Waals surface area contributed by atoms with Crippen LogP contribution in [0.3, 0.4) is 0 Å². The van der Waals surface area contributed by atoms with Crippen LogP contribution in [-0.2, 0) is 4.79 Å². The summed E-state index contributed by atoms with van der Waals surface area (Å²) in [6.07, 6.45) is 3.12. The van der Waals surface area contributed by atoms with Crippen LogP contribution >= 0.6 is 11.3 Å². The molecule has 0 radical (unpaired) electrons. The van der Waals surface area contributed by atoms with Crippen molar-refractivity contribution >= 4 is 38.7 Å². The molecule has 1 amide bonds. The lowest BCUT2D eigenvalue weighted by atomic mass is 10.1. The minimum Gasteiger partial charge on any atom is -0.494 e. The lowest BCUT2D eigenvalue weighted by Crippen LogP contribution is -2.16. The minimum absolute atomic E-state index is 0.285. The van der Waals surface area contributed by atoms with E-state index >= 15 is 0 Å². The molecule has 1 N–H and O–H groups in total. The molecule has 0 unspecified atom stereocenters. The Morgan fingerprint density at radius 2 is 2.00 bits per heavy atom. The van der Waals surface area contributed by atoms with Gasteiger partial charge >= 0.3 is 0 Å². The van der Waals surface area contributed by atoms with E-state index in [-0.39, 0.29) is 5.91 Å². The van der Waals surface area contributed by atoms with Gasteiger partial charge in [-0.25, -0.2) is 4.98 Å². The molecule has 7 nitrogen and oxygen atoms in total. The van der Waals surface area contributed by atoms with Crippen molar-refractivity contribution < 1.29 is 23.7 Å². The molecule has 28 heavy (non-hydrogen) atoms. The van der Waals surface area contributed by atoms with E-state index < -0.39 is 0 Å². The van der Waals surface area contributed by atoms with Crippen molar-refractivity contribution in [3.8, 4) is 23.0 Å². The number of rotatable bonds is 5. The van der Waals surface area contributed by atoms with Crippen LogP contribution in [0.2, 0.25) is 0 Å². The van der Waals surface area contributed by atoms with Crippen LogP contribution in [0, 0.1) is 0 Å². The van der Waals surface area contributed by atoms with Crippen molar-refractivity contribution in [1.29, 1.82) is 0 Å². The number of thiazole rings is 1. The lowest BCUT2D eigenvalue weighted by molar-refractivity contribution is -0.111. The standard InChI is InChI=1S/C20H18N2O5S/c1-24-13-4-3-5-16-18(13)22-20(28-16)21-17(23)7-6-12-10-14(25-2)19-15(11-12)26-8-9-27-19/h3-7,10-11H,8-9H2,1-2H3,(H,21,22,23)/b7-6+. The van der Waals surface area contributed by atoms with E-state index in [1.165, 1.54) is 17.4 Å². The highest BCUT2D eigenvalue weighted by molar-refractivity contribution is 7.22. The molecule has 0 spiro atoms. The number of methoxy groups -OCH3 is 2. The van der Waals surface area contributed by atoms with E-state index in [0.29, 0.717) is 41.3 Å². The fraction of sp³-hybridized carbons (Fsp3) is 0.200. The Kier molecular flexibility index (Phi) is 5.03. The van der Waals surface area contributed by atoms with Crippen LogP contribution in [0.4, 0.5) is 5.13 Å². The largest absolute Gasteiger partial charge is 0.494 e. The van der Waals surface area contributed by atoms with Gasteiger partial charge in [0.25, 0.3) is 0 Å². The second-order valence-corrected chi connectivity index (χ2v) is 6.93. The summed E-state index contributed by atoms with van der Waals surface area (Å²) in [5.74, 6) is 2.14. The first-order valence-corrected chi connectivity index (χ1v) is 9.40. The van der Waals surface area contributed by atoms with Crippen LogP contribution in [0.5, 0.6) is 23.0 Å². The zero-order valence-corrected chi connectivity index (χ0v) is 16.2. The summed E-state index contributed by atoms with van der Waals surface area (Å²) in [4.78, 5) is 16.7. The van der Waals surface area contributed by atoms with Crippen molar-refractivity contribution in [2.75, 3.05) is 32.8 Å². The highest BCUT2D eigenvalue weighted by Gasteiger charge is 2.18. The zero-order chi connectivity index (χ0) is 19.5. The number of carbonyl (C=O) groups is 1. The molecule has 0 aliphatic carbocycles. The summed E-state index contributed by atoms with van der Waals surface area (Å²) in [5.41, 5.74) is 1.49. The predicted octanol–water partition coefficient (Wildman–Crippen LogP) is 3.74. The molecular formula is C20H18N2O5S. The van der Waals surface area contributed by atoms with Gasteiger partial charge in [0.1, 0.15) is 24.5 Å². The molecule has 1 aliphatic rings. The quantitative estimate of drug-likeness (QED) is 0.660. The molecule has 4 rings (SSSR count). The lowest BCUT2D eigenvalue weighted by Gasteiger charge is -2.20.